The lowest BCUT2D eigenvalue weighted by atomic mass is 10.2. The summed E-state index contributed by atoms with van der Waals surface area (Å²) in [6.45, 7) is -0.558. The number of esters is 1. The number of carbonyl (C=O) groups is 3. The van der Waals surface area contributed by atoms with E-state index in [2.05, 4.69) is 10.9 Å². The zero-order valence-corrected chi connectivity index (χ0v) is 14.5. The molecule has 0 radical (unpaired) electrons. The second kappa shape index (κ2) is 9.62. The van der Waals surface area contributed by atoms with Crippen LogP contribution in [-0.4, -0.2) is 36.6 Å². The Labute approximate surface area is 155 Å². The van der Waals surface area contributed by atoms with Crippen molar-refractivity contribution in [3.63, 3.8) is 0 Å². The summed E-state index contributed by atoms with van der Waals surface area (Å²) in [5.41, 5.74) is 5.34. The van der Waals surface area contributed by atoms with Gasteiger partial charge >= 0.3 is 5.97 Å². The Bertz CT molecular complexity index is 849. The molecule has 2 aromatic rings. The van der Waals surface area contributed by atoms with Crippen LogP contribution < -0.4 is 15.6 Å². The minimum Gasteiger partial charge on any atom is -0.504 e. The van der Waals surface area contributed by atoms with Crippen LogP contribution in [0.25, 0.3) is 6.08 Å². The first-order valence-corrected chi connectivity index (χ1v) is 7.85. The third-order valence-electron chi connectivity index (χ3n) is 3.31. The molecule has 0 saturated carbocycles. The van der Waals surface area contributed by atoms with Gasteiger partial charge in [0, 0.05) is 11.6 Å². The Morgan fingerprint density at radius 3 is 2.52 bits per heavy atom. The SMILES string of the molecule is COc1cc(/C=C/C(=O)OCC(=O)NNC(=O)c2ccccc2)ccc1O. The second-order valence-corrected chi connectivity index (χ2v) is 5.24. The van der Waals surface area contributed by atoms with Gasteiger partial charge in [-0.2, -0.15) is 0 Å². The number of amides is 2. The Morgan fingerprint density at radius 2 is 1.81 bits per heavy atom. The molecule has 0 atom stereocenters. The first kappa shape index (κ1) is 19.5. The van der Waals surface area contributed by atoms with Gasteiger partial charge in [0.15, 0.2) is 18.1 Å². The van der Waals surface area contributed by atoms with Crippen molar-refractivity contribution in [3.05, 3.63) is 65.7 Å². The molecule has 2 aromatic carbocycles. The minimum atomic E-state index is -0.744. The van der Waals surface area contributed by atoms with Crippen molar-refractivity contribution in [1.29, 1.82) is 0 Å². The van der Waals surface area contributed by atoms with Crippen molar-refractivity contribution >= 4 is 23.9 Å². The van der Waals surface area contributed by atoms with Crippen molar-refractivity contribution in [1.82, 2.24) is 10.9 Å². The number of phenols is 1. The molecule has 3 N–H and O–H groups in total. The number of carbonyl (C=O) groups excluding carboxylic acids is 3. The molecule has 0 bridgehead atoms. The van der Waals surface area contributed by atoms with Crippen LogP contribution in [0, 0.1) is 0 Å². The molecule has 27 heavy (non-hydrogen) atoms. The van der Waals surface area contributed by atoms with Gasteiger partial charge in [-0.15, -0.1) is 0 Å². The Balaban J connectivity index is 1.76. The zero-order chi connectivity index (χ0) is 19.6. The minimum absolute atomic E-state index is 0.0218. The molecule has 0 spiro atoms. The molecule has 8 nitrogen and oxygen atoms in total. The normalized spacial score (nSPS) is 10.3. The Kier molecular flexibility index (Phi) is 6.95. The number of rotatable bonds is 6. The molecule has 0 fully saturated rings. The van der Waals surface area contributed by atoms with Crippen LogP contribution in [-0.2, 0) is 14.3 Å². The number of phenolic OH excluding ortho intramolecular Hbond substituents is 1. The average molecular weight is 370 g/mol. The van der Waals surface area contributed by atoms with Crippen molar-refractivity contribution in [2.24, 2.45) is 0 Å². The summed E-state index contributed by atoms with van der Waals surface area (Å²) in [7, 11) is 1.41. The van der Waals surface area contributed by atoms with Crippen molar-refractivity contribution in [2.45, 2.75) is 0 Å². The van der Waals surface area contributed by atoms with Gasteiger partial charge < -0.3 is 14.6 Å². The third kappa shape index (κ3) is 6.20. The summed E-state index contributed by atoms with van der Waals surface area (Å²) in [4.78, 5) is 35.0. The van der Waals surface area contributed by atoms with Gasteiger partial charge in [0.25, 0.3) is 11.8 Å². The van der Waals surface area contributed by atoms with Gasteiger partial charge in [0.05, 0.1) is 7.11 Å². The highest BCUT2D eigenvalue weighted by Crippen LogP contribution is 2.26. The van der Waals surface area contributed by atoms with E-state index in [1.807, 2.05) is 0 Å². The van der Waals surface area contributed by atoms with E-state index in [1.165, 1.54) is 25.3 Å². The monoisotopic (exact) mass is 370 g/mol. The average Bonchev–Trinajstić information content (AvgIpc) is 2.70. The topological polar surface area (TPSA) is 114 Å². The smallest absolute Gasteiger partial charge is 0.331 e. The van der Waals surface area contributed by atoms with E-state index in [4.69, 9.17) is 9.47 Å². The van der Waals surface area contributed by atoms with Gasteiger partial charge in [0.1, 0.15) is 0 Å². The number of hydrogen-bond donors (Lipinski definition) is 3. The Hall–Kier alpha value is -3.81. The maximum atomic E-state index is 11.8. The molecule has 8 heteroatoms. The number of hydrogen-bond acceptors (Lipinski definition) is 6. The van der Waals surface area contributed by atoms with E-state index in [1.54, 1.807) is 36.4 Å². The summed E-state index contributed by atoms with van der Waals surface area (Å²) >= 11 is 0. The van der Waals surface area contributed by atoms with E-state index in [-0.39, 0.29) is 11.5 Å². The predicted molar refractivity (Wildman–Crippen MR) is 96.7 cm³/mol. The van der Waals surface area contributed by atoms with Crippen molar-refractivity contribution in [2.75, 3.05) is 13.7 Å². The van der Waals surface area contributed by atoms with Crippen molar-refractivity contribution < 1.29 is 29.0 Å². The van der Waals surface area contributed by atoms with Gasteiger partial charge in [-0.25, -0.2) is 4.79 Å². The maximum Gasteiger partial charge on any atom is 0.331 e. The van der Waals surface area contributed by atoms with E-state index in [0.29, 0.717) is 11.1 Å². The summed E-state index contributed by atoms with van der Waals surface area (Å²) in [5.74, 6) is -1.68. The summed E-state index contributed by atoms with van der Waals surface area (Å²) < 4.78 is 9.74. The van der Waals surface area contributed by atoms with E-state index in [0.717, 1.165) is 6.08 Å². The van der Waals surface area contributed by atoms with Crippen LogP contribution in [0.3, 0.4) is 0 Å². The number of methoxy groups -OCH3 is 1. The summed E-state index contributed by atoms with van der Waals surface area (Å²) in [6.07, 6.45) is 2.57. The quantitative estimate of drug-likeness (QED) is 0.403. The second-order valence-electron chi connectivity index (χ2n) is 5.24. The van der Waals surface area contributed by atoms with Gasteiger partial charge in [0.2, 0.25) is 0 Å². The molecule has 0 aromatic heterocycles. The number of benzene rings is 2. The van der Waals surface area contributed by atoms with E-state index < -0.39 is 24.4 Å². The number of nitrogens with one attached hydrogen (secondary N) is 2. The fraction of sp³-hybridized carbons (Fsp3) is 0.105. The highest BCUT2D eigenvalue weighted by Gasteiger charge is 2.08. The summed E-state index contributed by atoms with van der Waals surface area (Å²) in [5, 5.41) is 9.50. The van der Waals surface area contributed by atoms with E-state index >= 15 is 0 Å². The van der Waals surface area contributed by atoms with Crippen molar-refractivity contribution in [3.8, 4) is 11.5 Å². The molecule has 0 aliphatic heterocycles. The summed E-state index contributed by atoms with van der Waals surface area (Å²) in [6, 6.07) is 12.8. The van der Waals surface area contributed by atoms with E-state index in [9.17, 15) is 19.5 Å². The number of aromatic hydroxyl groups is 1. The lowest BCUT2D eigenvalue weighted by Crippen LogP contribution is -2.43. The molecule has 2 rings (SSSR count). The predicted octanol–water partition coefficient (Wildman–Crippen LogP) is 1.42. The lowest BCUT2D eigenvalue weighted by Gasteiger charge is -2.07. The van der Waals surface area contributed by atoms with Gasteiger partial charge in [-0.3, -0.25) is 20.4 Å². The van der Waals surface area contributed by atoms with Crippen LogP contribution in [0.4, 0.5) is 0 Å². The number of ether oxygens (including phenoxy) is 2. The standard InChI is InChI=1S/C19H18N2O6/c1-26-16-11-13(7-9-15(16)22)8-10-18(24)27-12-17(23)20-21-19(25)14-5-3-2-4-6-14/h2-11,22H,12H2,1H3,(H,20,23)(H,21,25)/b10-8+. The van der Waals surface area contributed by atoms with Crippen LogP contribution >= 0.6 is 0 Å². The molecule has 2 amide bonds. The fourth-order valence-corrected chi connectivity index (χ4v) is 1.97. The molecule has 0 saturated heterocycles. The largest absolute Gasteiger partial charge is 0.504 e. The van der Waals surface area contributed by atoms with Crippen LogP contribution in [0.1, 0.15) is 15.9 Å². The fourth-order valence-electron chi connectivity index (χ4n) is 1.97. The van der Waals surface area contributed by atoms with Crippen LogP contribution in [0.2, 0.25) is 0 Å². The van der Waals surface area contributed by atoms with Gasteiger partial charge in [-0.05, 0) is 35.9 Å². The molecule has 0 aliphatic carbocycles. The molecule has 0 heterocycles. The number of hydrazine groups is 1. The molecular weight excluding hydrogens is 352 g/mol. The lowest BCUT2D eigenvalue weighted by molar-refractivity contribution is -0.144. The Morgan fingerprint density at radius 1 is 1.07 bits per heavy atom. The molecule has 0 unspecified atom stereocenters. The highest BCUT2D eigenvalue weighted by atomic mass is 16.5. The van der Waals surface area contributed by atoms with Crippen LogP contribution in [0.5, 0.6) is 11.5 Å². The first-order chi connectivity index (χ1) is 13.0. The maximum absolute atomic E-state index is 11.8. The van der Waals surface area contributed by atoms with Gasteiger partial charge in [-0.1, -0.05) is 24.3 Å². The highest BCUT2D eigenvalue weighted by molar-refractivity contribution is 5.95. The van der Waals surface area contributed by atoms with Crippen LogP contribution in [0.15, 0.2) is 54.6 Å². The zero-order valence-electron chi connectivity index (χ0n) is 14.5. The molecule has 0 aliphatic rings. The molecule has 140 valence electrons. The third-order valence-corrected chi connectivity index (χ3v) is 3.31. The molecular formula is C19H18N2O6. The first-order valence-electron chi connectivity index (χ1n) is 7.85.